The summed E-state index contributed by atoms with van der Waals surface area (Å²) in [5.41, 5.74) is 0.724. The molecule has 2 aromatic heterocycles. The van der Waals surface area contributed by atoms with E-state index in [1.54, 1.807) is 12.1 Å². The van der Waals surface area contributed by atoms with Crippen LogP contribution in [0.4, 0.5) is 10.2 Å². The lowest BCUT2D eigenvalue weighted by atomic mass is 10.2. The van der Waals surface area contributed by atoms with Crippen LogP contribution in [0, 0.1) is 5.82 Å². The van der Waals surface area contributed by atoms with Crippen LogP contribution in [0.1, 0.15) is 10.5 Å². The second kappa shape index (κ2) is 6.71. The van der Waals surface area contributed by atoms with Gasteiger partial charge in [-0.15, -0.1) is 11.3 Å². The van der Waals surface area contributed by atoms with Crippen molar-refractivity contribution >= 4 is 35.1 Å². The van der Waals surface area contributed by atoms with Crippen molar-refractivity contribution in [3.63, 3.8) is 0 Å². The maximum Gasteiger partial charge on any atom is 0.356 e. The maximum atomic E-state index is 12.9. The average Bonchev–Trinajstić information content (AvgIpc) is 3.03. The van der Waals surface area contributed by atoms with Gasteiger partial charge in [0.25, 0.3) is 0 Å². The molecule has 0 atom stereocenters. The molecule has 3 aromatic rings. The first-order chi connectivity index (χ1) is 11.1. The lowest BCUT2D eigenvalue weighted by Crippen LogP contribution is -2.02. The molecular weight excluding hydrogens is 339 g/mol. The van der Waals surface area contributed by atoms with Gasteiger partial charge >= 0.3 is 5.97 Å². The highest BCUT2D eigenvalue weighted by Gasteiger charge is 2.08. The van der Waals surface area contributed by atoms with Crippen LogP contribution in [0.25, 0.3) is 10.6 Å². The van der Waals surface area contributed by atoms with E-state index in [0.717, 1.165) is 15.6 Å². The molecule has 3 rings (SSSR count). The highest BCUT2D eigenvalue weighted by atomic mass is 32.2. The molecule has 23 heavy (non-hydrogen) atoms. The number of benzene rings is 1. The Bertz CT molecular complexity index is 822. The molecule has 0 aliphatic carbocycles. The molecule has 0 saturated heterocycles. The zero-order valence-electron chi connectivity index (χ0n) is 11.4. The number of hydrogen-bond acceptors (Lipinski definition) is 7. The number of nitrogens with zero attached hydrogens (tertiary/aromatic N) is 3. The summed E-state index contributed by atoms with van der Waals surface area (Å²) in [5.74, 6) is -0.985. The molecular formula is C14H9FN4O2S2. The predicted molar refractivity (Wildman–Crippen MR) is 86.0 cm³/mol. The van der Waals surface area contributed by atoms with E-state index >= 15 is 0 Å². The lowest BCUT2D eigenvalue weighted by Gasteiger charge is -2.01. The normalized spacial score (nSPS) is 10.5. The average molecular weight is 348 g/mol. The molecule has 9 heteroatoms. The summed E-state index contributed by atoms with van der Waals surface area (Å²) in [5, 5.41) is 12.1. The molecule has 0 bridgehead atoms. The number of rotatable bonds is 5. The van der Waals surface area contributed by atoms with Crippen LogP contribution in [0.2, 0.25) is 0 Å². The smallest absolute Gasteiger partial charge is 0.356 e. The second-order valence-electron chi connectivity index (χ2n) is 4.29. The summed E-state index contributed by atoms with van der Waals surface area (Å²) < 4.78 is 15.8. The largest absolute Gasteiger partial charge is 0.476 e. The molecule has 1 aromatic carbocycles. The van der Waals surface area contributed by atoms with Gasteiger partial charge in [0.05, 0.1) is 12.4 Å². The van der Waals surface area contributed by atoms with E-state index < -0.39 is 5.97 Å². The number of nitrogens with one attached hydrogen (secondary N) is 1. The maximum absolute atomic E-state index is 12.9. The first-order valence-corrected chi connectivity index (χ1v) is 8.01. The molecule has 2 heterocycles. The second-order valence-corrected chi connectivity index (χ2v) is 5.98. The number of aromatic nitrogens is 3. The Hall–Kier alpha value is -2.52. The Morgan fingerprint density at radius 3 is 2.65 bits per heavy atom. The first-order valence-electron chi connectivity index (χ1n) is 6.31. The Kier molecular flexibility index (Phi) is 4.49. The van der Waals surface area contributed by atoms with Crippen molar-refractivity contribution in [1.82, 2.24) is 15.0 Å². The Morgan fingerprint density at radius 2 is 2.00 bits per heavy atom. The molecule has 0 aliphatic heterocycles. The van der Waals surface area contributed by atoms with Gasteiger partial charge in [-0.25, -0.2) is 24.1 Å². The molecule has 0 unspecified atom stereocenters. The standard InChI is InChI=1S/C14H9FN4O2S2/c15-9-3-1-8(2-4-9)13-18-12(7-22-13)23-19-11-6-16-10(5-17-11)14(20)21/h1-7H,(H,17,19)(H,20,21). The van der Waals surface area contributed by atoms with Crippen molar-refractivity contribution in [2.75, 3.05) is 4.72 Å². The summed E-state index contributed by atoms with van der Waals surface area (Å²) in [4.78, 5) is 22.8. The van der Waals surface area contributed by atoms with Crippen LogP contribution in [0.15, 0.2) is 47.1 Å². The van der Waals surface area contributed by atoms with Gasteiger partial charge in [0, 0.05) is 22.9 Å². The summed E-state index contributed by atoms with van der Waals surface area (Å²) in [6.45, 7) is 0. The van der Waals surface area contributed by atoms with Crippen LogP contribution < -0.4 is 4.72 Å². The Morgan fingerprint density at radius 1 is 1.22 bits per heavy atom. The van der Waals surface area contributed by atoms with E-state index in [9.17, 15) is 9.18 Å². The third-order valence-electron chi connectivity index (χ3n) is 2.71. The number of carboxylic acids is 1. The Balaban J connectivity index is 1.65. The first kappa shape index (κ1) is 15.4. The fraction of sp³-hybridized carbons (Fsp3) is 0. The van der Waals surface area contributed by atoms with E-state index in [4.69, 9.17) is 5.11 Å². The molecule has 0 spiro atoms. The van der Waals surface area contributed by atoms with Crippen molar-refractivity contribution in [3.05, 3.63) is 53.6 Å². The van der Waals surface area contributed by atoms with Gasteiger partial charge in [0.2, 0.25) is 0 Å². The topological polar surface area (TPSA) is 88.0 Å². The highest BCUT2D eigenvalue weighted by molar-refractivity contribution is 8.00. The van der Waals surface area contributed by atoms with Crippen LogP contribution in [0.5, 0.6) is 0 Å². The summed E-state index contributed by atoms with van der Waals surface area (Å²) >= 11 is 2.67. The zero-order valence-corrected chi connectivity index (χ0v) is 13.1. The number of aromatic carboxylic acids is 1. The molecule has 0 amide bonds. The van der Waals surface area contributed by atoms with E-state index in [2.05, 4.69) is 19.7 Å². The van der Waals surface area contributed by atoms with Gasteiger partial charge in [-0.3, -0.25) is 0 Å². The number of carboxylic acid groups (broad SMARTS) is 1. The minimum Gasteiger partial charge on any atom is -0.476 e. The van der Waals surface area contributed by atoms with Gasteiger partial charge in [0.1, 0.15) is 15.9 Å². The third kappa shape index (κ3) is 3.82. The van der Waals surface area contributed by atoms with Crippen molar-refractivity contribution in [2.45, 2.75) is 5.03 Å². The van der Waals surface area contributed by atoms with Crippen molar-refractivity contribution in [2.24, 2.45) is 0 Å². The molecule has 116 valence electrons. The molecule has 2 N–H and O–H groups in total. The molecule has 6 nitrogen and oxygen atoms in total. The zero-order chi connectivity index (χ0) is 16.2. The van der Waals surface area contributed by atoms with Gasteiger partial charge in [-0.1, -0.05) is 0 Å². The minimum atomic E-state index is -1.12. The van der Waals surface area contributed by atoms with Crippen molar-refractivity contribution in [3.8, 4) is 10.6 Å². The fourth-order valence-corrected chi connectivity index (χ4v) is 3.16. The Labute approximate surface area is 138 Å². The summed E-state index contributed by atoms with van der Waals surface area (Å²) in [6.07, 6.45) is 2.51. The molecule has 0 radical (unpaired) electrons. The SMILES string of the molecule is O=C(O)c1cnc(NSc2csc(-c3ccc(F)cc3)n2)cn1. The number of anilines is 1. The van der Waals surface area contributed by atoms with E-state index in [-0.39, 0.29) is 11.5 Å². The molecule has 0 saturated carbocycles. The highest BCUT2D eigenvalue weighted by Crippen LogP contribution is 2.28. The predicted octanol–water partition coefficient (Wildman–Crippen LogP) is 3.56. The molecule has 0 aliphatic rings. The van der Waals surface area contributed by atoms with E-state index in [1.807, 2.05) is 5.38 Å². The summed E-state index contributed by atoms with van der Waals surface area (Å²) in [6, 6.07) is 6.13. The van der Waals surface area contributed by atoms with Gasteiger partial charge in [-0.05, 0) is 24.3 Å². The van der Waals surface area contributed by atoms with Crippen LogP contribution >= 0.6 is 23.3 Å². The lowest BCUT2D eigenvalue weighted by molar-refractivity contribution is 0.0690. The van der Waals surface area contributed by atoms with Gasteiger partial charge < -0.3 is 9.83 Å². The fourth-order valence-electron chi connectivity index (χ4n) is 1.63. The van der Waals surface area contributed by atoms with Gasteiger partial charge in [-0.2, -0.15) is 0 Å². The van der Waals surface area contributed by atoms with Crippen LogP contribution in [-0.2, 0) is 0 Å². The number of thiazole rings is 1. The molecule has 0 fully saturated rings. The quantitative estimate of drug-likeness (QED) is 0.682. The minimum absolute atomic E-state index is 0.118. The van der Waals surface area contributed by atoms with Crippen molar-refractivity contribution in [1.29, 1.82) is 0 Å². The van der Waals surface area contributed by atoms with Crippen molar-refractivity contribution < 1.29 is 14.3 Å². The number of hydrogen-bond donors (Lipinski definition) is 2. The van der Waals surface area contributed by atoms with Crippen LogP contribution in [-0.4, -0.2) is 26.0 Å². The summed E-state index contributed by atoms with van der Waals surface area (Å²) in [7, 11) is 0. The van der Waals surface area contributed by atoms with E-state index in [0.29, 0.717) is 5.82 Å². The third-order valence-corrected chi connectivity index (χ3v) is 4.48. The van der Waals surface area contributed by atoms with Gasteiger partial charge in [0.15, 0.2) is 11.5 Å². The monoisotopic (exact) mass is 348 g/mol. The van der Waals surface area contributed by atoms with Crippen LogP contribution in [0.3, 0.4) is 0 Å². The number of carbonyl (C=O) groups is 1. The van der Waals surface area contributed by atoms with E-state index in [1.165, 1.54) is 47.8 Å². The number of halogens is 1.